The number of amides is 1. The summed E-state index contributed by atoms with van der Waals surface area (Å²) >= 11 is 12.3. The summed E-state index contributed by atoms with van der Waals surface area (Å²) in [6, 6.07) is 15.1. The van der Waals surface area contributed by atoms with Crippen molar-refractivity contribution in [2.24, 2.45) is 0 Å². The van der Waals surface area contributed by atoms with E-state index in [4.69, 9.17) is 37.4 Å². The Balaban J connectivity index is 1.72. The number of halogens is 2. The van der Waals surface area contributed by atoms with Crippen LogP contribution in [-0.2, 0) is 19.6 Å². The second kappa shape index (κ2) is 12.7. The second-order valence-corrected chi connectivity index (χ2v) is 9.84. The zero-order valence-corrected chi connectivity index (χ0v) is 22.2. The molecule has 0 atom stereocenters. The van der Waals surface area contributed by atoms with Crippen molar-refractivity contribution in [2.45, 2.75) is 18.7 Å². The van der Waals surface area contributed by atoms with Crippen molar-refractivity contribution in [2.75, 3.05) is 29.9 Å². The van der Waals surface area contributed by atoms with Crippen LogP contribution in [0.25, 0.3) is 0 Å². The van der Waals surface area contributed by atoms with Crippen LogP contribution in [0.15, 0.2) is 65.6 Å². The van der Waals surface area contributed by atoms with Crippen LogP contribution < -0.4 is 19.5 Å². The summed E-state index contributed by atoms with van der Waals surface area (Å²) in [5, 5.41) is 2.25. The van der Waals surface area contributed by atoms with Crippen molar-refractivity contribution < 1.29 is 32.2 Å². The summed E-state index contributed by atoms with van der Waals surface area (Å²) in [7, 11) is -4.21. The number of carbonyl (C=O) groups excluding carboxylic acids is 2. The third-order valence-corrected chi connectivity index (χ3v) is 6.90. The van der Waals surface area contributed by atoms with Crippen molar-refractivity contribution in [3.8, 4) is 11.5 Å². The Morgan fingerprint density at radius 3 is 2.24 bits per heavy atom. The van der Waals surface area contributed by atoms with Gasteiger partial charge in [-0.15, -0.1) is 0 Å². The molecule has 9 nitrogen and oxygen atoms in total. The maximum absolute atomic E-state index is 13.0. The smallest absolute Gasteiger partial charge is 0.340 e. The van der Waals surface area contributed by atoms with Crippen molar-refractivity contribution in [1.29, 1.82) is 0 Å². The molecule has 0 bridgehead atoms. The molecule has 1 amide bonds. The van der Waals surface area contributed by atoms with E-state index in [2.05, 4.69) is 10.0 Å². The lowest BCUT2D eigenvalue weighted by molar-refractivity contribution is -0.119. The molecule has 12 heteroatoms. The van der Waals surface area contributed by atoms with Gasteiger partial charge in [-0.2, -0.15) is 0 Å². The summed E-state index contributed by atoms with van der Waals surface area (Å²) in [6.07, 6.45) is 0. The summed E-state index contributed by atoms with van der Waals surface area (Å²) < 4.78 is 44.2. The molecule has 0 saturated heterocycles. The van der Waals surface area contributed by atoms with E-state index >= 15 is 0 Å². The van der Waals surface area contributed by atoms with Gasteiger partial charge in [-0.25, -0.2) is 13.2 Å². The lowest BCUT2D eigenvalue weighted by atomic mass is 10.2. The van der Waals surface area contributed by atoms with Gasteiger partial charge in [-0.1, -0.05) is 35.3 Å². The monoisotopic (exact) mass is 566 g/mol. The van der Waals surface area contributed by atoms with Crippen LogP contribution in [0.2, 0.25) is 10.0 Å². The van der Waals surface area contributed by atoms with Crippen molar-refractivity contribution in [1.82, 2.24) is 0 Å². The van der Waals surface area contributed by atoms with Crippen molar-refractivity contribution in [3.63, 3.8) is 0 Å². The molecule has 3 rings (SSSR count). The molecule has 0 aliphatic rings. The van der Waals surface area contributed by atoms with Crippen LogP contribution in [0.4, 0.5) is 11.4 Å². The average Bonchev–Trinajstić information content (AvgIpc) is 2.85. The molecular weight excluding hydrogens is 543 g/mol. The topological polar surface area (TPSA) is 120 Å². The zero-order chi connectivity index (χ0) is 27.0. The lowest BCUT2D eigenvalue weighted by Gasteiger charge is -2.13. The maximum Gasteiger partial charge on any atom is 0.340 e. The lowest BCUT2D eigenvalue weighted by Crippen LogP contribution is -2.22. The Hall–Kier alpha value is -3.47. The van der Waals surface area contributed by atoms with Gasteiger partial charge in [0.1, 0.15) is 16.4 Å². The predicted octanol–water partition coefficient (Wildman–Crippen LogP) is 5.39. The molecular formula is C25H24Cl2N2O7S. The highest BCUT2D eigenvalue weighted by molar-refractivity contribution is 7.92. The second-order valence-electron chi connectivity index (χ2n) is 7.38. The number of hydrogen-bond donors (Lipinski definition) is 2. The van der Waals surface area contributed by atoms with Crippen LogP contribution in [0, 0.1) is 0 Å². The van der Waals surface area contributed by atoms with Gasteiger partial charge in [0.15, 0.2) is 6.61 Å². The molecule has 0 unspecified atom stereocenters. The third-order valence-electron chi connectivity index (χ3n) is 4.74. The minimum absolute atomic E-state index is 0.142. The number of carbonyl (C=O) groups is 2. The molecule has 0 heterocycles. The van der Waals surface area contributed by atoms with E-state index in [9.17, 15) is 18.0 Å². The first-order chi connectivity index (χ1) is 17.6. The number of rotatable bonds is 11. The molecule has 196 valence electrons. The molecule has 0 aliphatic carbocycles. The Kier molecular flexibility index (Phi) is 9.62. The fourth-order valence-corrected chi connectivity index (χ4v) is 5.04. The van der Waals surface area contributed by atoms with E-state index in [0.29, 0.717) is 30.4 Å². The van der Waals surface area contributed by atoms with Gasteiger partial charge in [0.25, 0.3) is 15.9 Å². The molecule has 3 aromatic rings. The van der Waals surface area contributed by atoms with E-state index in [-0.39, 0.29) is 21.3 Å². The molecule has 0 aromatic heterocycles. The summed E-state index contributed by atoms with van der Waals surface area (Å²) in [5.74, 6) is -0.603. The number of sulfonamides is 1. The summed E-state index contributed by atoms with van der Waals surface area (Å²) in [5.41, 5.74) is 0.381. The first-order valence-electron chi connectivity index (χ1n) is 11.1. The van der Waals surface area contributed by atoms with Gasteiger partial charge in [-0.05, 0) is 62.4 Å². The molecule has 0 fully saturated rings. The standard InChI is InChI=1S/C25H24Cl2N2O7S/c1-3-34-17-11-9-16(10-12-17)29-37(32,33)23-13-18(19(26)14-20(23)27)25(31)36-15-24(30)28-21-7-5-6-8-22(21)35-4-2/h5-14,29H,3-4,15H2,1-2H3,(H,28,30). The van der Waals surface area contributed by atoms with Crippen molar-refractivity contribution >= 4 is 56.5 Å². The van der Waals surface area contributed by atoms with Crippen LogP contribution >= 0.6 is 23.2 Å². The number of anilines is 2. The Morgan fingerprint density at radius 2 is 1.57 bits per heavy atom. The Labute approximate surface area is 224 Å². The third kappa shape index (κ3) is 7.51. The van der Waals surface area contributed by atoms with Gasteiger partial charge in [0.2, 0.25) is 0 Å². The molecule has 2 N–H and O–H groups in total. The van der Waals surface area contributed by atoms with Gasteiger partial charge >= 0.3 is 5.97 Å². The SMILES string of the molecule is CCOc1ccc(NS(=O)(=O)c2cc(C(=O)OCC(=O)Nc3ccccc3OCC)c(Cl)cc2Cl)cc1. The fourth-order valence-electron chi connectivity index (χ4n) is 3.13. The molecule has 0 saturated carbocycles. The van der Waals surface area contributed by atoms with Gasteiger partial charge in [0.05, 0.1) is 34.5 Å². The first-order valence-corrected chi connectivity index (χ1v) is 13.3. The van der Waals surface area contributed by atoms with E-state index in [1.807, 2.05) is 6.92 Å². The fraction of sp³-hybridized carbons (Fsp3) is 0.200. The summed E-state index contributed by atoms with van der Waals surface area (Å²) in [6.45, 7) is 3.85. The summed E-state index contributed by atoms with van der Waals surface area (Å²) in [4.78, 5) is 24.6. The largest absolute Gasteiger partial charge is 0.494 e. The molecule has 37 heavy (non-hydrogen) atoms. The van der Waals surface area contributed by atoms with Gasteiger partial charge < -0.3 is 19.5 Å². The number of benzene rings is 3. The molecule has 3 aromatic carbocycles. The molecule has 0 aliphatic heterocycles. The predicted molar refractivity (Wildman–Crippen MR) is 141 cm³/mol. The van der Waals surface area contributed by atoms with Gasteiger partial charge in [-0.3, -0.25) is 9.52 Å². The van der Waals surface area contributed by atoms with Crippen LogP contribution in [0.5, 0.6) is 11.5 Å². The number of para-hydroxylation sites is 2. The quantitative estimate of drug-likeness (QED) is 0.298. The maximum atomic E-state index is 13.0. The minimum atomic E-state index is -4.21. The Bertz CT molecular complexity index is 1380. The average molecular weight is 567 g/mol. The van der Waals surface area contributed by atoms with Crippen LogP contribution in [-0.4, -0.2) is 40.1 Å². The molecule has 0 radical (unpaired) electrons. The number of esters is 1. The normalized spacial score (nSPS) is 10.9. The van der Waals surface area contributed by atoms with E-state index < -0.39 is 33.4 Å². The highest BCUT2D eigenvalue weighted by Crippen LogP contribution is 2.31. The van der Waals surface area contributed by atoms with Crippen LogP contribution in [0.1, 0.15) is 24.2 Å². The number of hydrogen-bond acceptors (Lipinski definition) is 7. The van der Waals surface area contributed by atoms with E-state index in [0.717, 1.165) is 12.1 Å². The minimum Gasteiger partial charge on any atom is -0.494 e. The highest BCUT2D eigenvalue weighted by atomic mass is 35.5. The highest BCUT2D eigenvalue weighted by Gasteiger charge is 2.24. The Morgan fingerprint density at radius 1 is 0.892 bits per heavy atom. The van der Waals surface area contributed by atoms with Crippen molar-refractivity contribution in [3.05, 3.63) is 76.3 Å². The zero-order valence-electron chi connectivity index (χ0n) is 19.9. The molecule has 0 spiro atoms. The van der Waals surface area contributed by atoms with Crippen LogP contribution in [0.3, 0.4) is 0 Å². The number of ether oxygens (including phenoxy) is 3. The first kappa shape index (κ1) is 28.1. The van der Waals surface area contributed by atoms with E-state index in [1.54, 1.807) is 43.3 Å². The number of nitrogens with one attached hydrogen (secondary N) is 2. The van der Waals surface area contributed by atoms with E-state index in [1.165, 1.54) is 12.1 Å². The van der Waals surface area contributed by atoms with Gasteiger partial charge in [0, 0.05) is 5.69 Å².